The van der Waals surface area contributed by atoms with E-state index in [1.807, 2.05) is 4.90 Å². The molecule has 1 unspecified atom stereocenters. The van der Waals surface area contributed by atoms with Gasteiger partial charge in [0, 0.05) is 45.2 Å². The van der Waals surface area contributed by atoms with Crippen molar-refractivity contribution in [3.05, 3.63) is 0 Å². The van der Waals surface area contributed by atoms with Crippen molar-refractivity contribution in [2.24, 2.45) is 11.8 Å². The molecule has 4 nitrogen and oxygen atoms in total. The van der Waals surface area contributed by atoms with Gasteiger partial charge in [0.2, 0.25) is 5.91 Å². The molecule has 1 heterocycles. The normalized spacial score (nSPS) is 21.1. The van der Waals surface area contributed by atoms with Gasteiger partial charge >= 0.3 is 0 Å². The molecule has 16 heavy (non-hydrogen) atoms. The highest BCUT2D eigenvalue weighted by Crippen LogP contribution is 2.16. The zero-order valence-corrected chi connectivity index (χ0v) is 10.3. The van der Waals surface area contributed by atoms with E-state index in [1.54, 1.807) is 0 Å². The van der Waals surface area contributed by atoms with Crippen LogP contribution in [0.1, 0.15) is 26.7 Å². The fraction of sp³-hybridized carbons (Fsp3) is 0.917. The number of likely N-dealkylation sites (tertiary alicyclic amines) is 1. The quantitative estimate of drug-likeness (QED) is 0.660. The summed E-state index contributed by atoms with van der Waals surface area (Å²) in [6.45, 7) is 7.32. The maximum atomic E-state index is 11.5. The third-order valence-corrected chi connectivity index (χ3v) is 2.72. The van der Waals surface area contributed by atoms with Crippen molar-refractivity contribution < 1.29 is 14.6 Å². The molecular formula is C12H23NO3. The molecule has 1 amide bonds. The molecule has 0 aromatic carbocycles. The summed E-state index contributed by atoms with van der Waals surface area (Å²) in [4.78, 5) is 13.3. The Hall–Kier alpha value is -0.610. The summed E-state index contributed by atoms with van der Waals surface area (Å²) >= 11 is 0. The number of hydrogen-bond donors (Lipinski definition) is 1. The second kappa shape index (κ2) is 6.86. The molecular weight excluding hydrogens is 206 g/mol. The number of ether oxygens (including phenoxy) is 1. The number of hydrogen-bond acceptors (Lipinski definition) is 3. The number of amides is 1. The Morgan fingerprint density at radius 2 is 2.31 bits per heavy atom. The summed E-state index contributed by atoms with van der Waals surface area (Å²) in [6, 6.07) is 0. The van der Waals surface area contributed by atoms with E-state index in [1.165, 1.54) is 0 Å². The van der Waals surface area contributed by atoms with Gasteiger partial charge in [-0.25, -0.2) is 0 Å². The first kappa shape index (κ1) is 13.5. The summed E-state index contributed by atoms with van der Waals surface area (Å²) in [5.74, 6) is 0.874. The van der Waals surface area contributed by atoms with Crippen LogP contribution in [0.25, 0.3) is 0 Å². The Labute approximate surface area is 97.6 Å². The minimum atomic E-state index is 0.117. The van der Waals surface area contributed by atoms with Crippen LogP contribution in [0.4, 0.5) is 0 Å². The van der Waals surface area contributed by atoms with E-state index in [-0.39, 0.29) is 18.4 Å². The Morgan fingerprint density at radius 1 is 1.56 bits per heavy atom. The van der Waals surface area contributed by atoms with Gasteiger partial charge in [-0.3, -0.25) is 4.79 Å². The van der Waals surface area contributed by atoms with Crippen molar-refractivity contribution >= 4 is 5.91 Å². The van der Waals surface area contributed by atoms with E-state index in [2.05, 4.69) is 13.8 Å². The van der Waals surface area contributed by atoms with Crippen molar-refractivity contribution in [2.45, 2.75) is 26.7 Å². The zero-order valence-electron chi connectivity index (χ0n) is 10.3. The topological polar surface area (TPSA) is 49.8 Å². The number of aliphatic hydroxyl groups excluding tert-OH is 1. The van der Waals surface area contributed by atoms with Crippen molar-refractivity contribution in [2.75, 3.05) is 32.9 Å². The van der Waals surface area contributed by atoms with Gasteiger partial charge in [0.25, 0.3) is 0 Å². The summed E-state index contributed by atoms with van der Waals surface area (Å²) in [6.07, 6.45) is 1.39. The van der Waals surface area contributed by atoms with Crippen molar-refractivity contribution in [3.8, 4) is 0 Å². The fourth-order valence-corrected chi connectivity index (χ4v) is 1.87. The third-order valence-electron chi connectivity index (χ3n) is 2.72. The van der Waals surface area contributed by atoms with Gasteiger partial charge < -0.3 is 14.7 Å². The minimum absolute atomic E-state index is 0.117. The number of carbonyl (C=O) groups excluding carboxylic acids is 1. The highest BCUT2D eigenvalue weighted by Gasteiger charge is 2.28. The third kappa shape index (κ3) is 4.49. The van der Waals surface area contributed by atoms with E-state index in [0.717, 1.165) is 19.6 Å². The van der Waals surface area contributed by atoms with Crippen molar-refractivity contribution in [1.29, 1.82) is 0 Å². The van der Waals surface area contributed by atoms with Crippen LogP contribution in [0.5, 0.6) is 0 Å². The van der Waals surface area contributed by atoms with Crippen LogP contribution < -0.4 is 0 Å². The van der Waals surface area contributed by atoms with Gasteiger partial charge in [-0.05, 0) is 12.3 Å². The predicted octanol–water partition coefficient (Wildman–Crippen LogP) is 0.890. The smallest absolute Gasteiger partial charge is 0.223 e. The molecule has 1 N–H and O–H groups in total. The molecule has 0 bridgehead atoms. The Kier molecular flexibility index (Phi) is 5.77. The maximum absolute atomic E-state index is 11.5. The summed E-state index contributed by atoms with van der Waals surface area (Å²) in [7, 11) is 0. The number of rotatable bonds is 7. The summed E-state index contributed by atoms with van der Waals surface area (Å²) in [5.41, 5.74) is 0. The van der Waals surface area contributed by atoms with Gasteiger partial charge in [0.15, 0.2) is 0 Å². The van der Waals surface area contributed by atoms with Crippen LogP contribution in [0.3, 0.4) is 0 Å². The summed E-state index contributed by atoms with van der Waals surface area (Å²) < 4.78 is 5.46. The van der Waals surface area contributed by atoms with Crippen LogP contribution in [-0.2, 0) is 9.53 Å². The summed E-state index contributed by atoms with van der Waals surface area (Å²) in [5, 5.41) is 8.97. The molecule has 94 valence electrons. The van der Waals surface area contributed by atoms with Crippen molar-refractivity contribution in [1.82, 2.24) is 4.90 Å². The number of aliphatic hydroxyl groups is 1. The molecule has 0 aliphatic carbocycles. The lowest BCUT2D eigenvalue weighted by Crippen LogP contribution is -2.27. The average Bonchev–Trinajstić information content (AvgIpc) is 2.59. The molecule has 1 atom stereocenters. The Bertz CT molecular complexity index is 218. The highest BCUT2D eigenvalue weighted by molar-refractivity contribution is 5.78. The lowest BCUT2D eigenvalue weighted by atomic mass is 10.1. The second-order valence-corrected chi connectivity index (χ2v) is 4.91. The van der Waals surface area contributed by atoms with Gasteiger partial charge in [-0.15, -0.1) is 0 Å². The maximum Gasteiger partial charge on any atom is 0.223 e. The molecule has 0 spiro atoms. The molecule has 0 aromatic heterocycles. The van der Waals surface area contributed by atoms with E-state index in [0.29, 0.717) is 25.5 Å². The highest BCUT2D eigenvalue weighted by atomic mass is 16.5. The first-order valence-corrected chi connectivity index (χ1v) is 6.10. The molecule has 4 heteroatoms. The van der Waals surface area contributed by atoms with Crippen LogP contribution in [0.15, 0.2) is 0 Å². The average molecular weight is 229 g/mol. The van der Waals surface area contributed by atoms with E-state index in [9.17, 15) is 4.79 Å². The monoisotopic (exact) mass is 229 g/mol. The van der Waals surface area contributed by atoms with E-state index in [4.69, 9.17) is 9.84 Å². The molecule has 1 aliphatic heterocycles. The van der Waals surface area contributed by atoms with Crippen LogP contribution in [0, 0.1) is 11.8 Å². The molecule has 1 saturated heterocycles. The van der Waals surface area contributed by atoms with Crippen molar-refractivity contribution in [3.63, 3.8) is 0 Å². The van der Waals surface area contributed by atoms with Gasteiger partial charge in [-0.1, -0.05) is 13.8 Å². The predicted molar refractivity (Wildman–Crippen MR) is 62.0 cm³/mol. The molecule has 0 radical (unpaired) electrons. The molecule has 0 aromatic rings. The fourth-order valence-electron chi connectivity index (χ4n) is 1.87. The van der Waals surface area contributed by atoms with Crippen LogP contribution in [-0.4, -0.2) is 48.8 Å². The largest absolute Gasteiger partial charge is 0.396 e. The number of nitrogens with zero attached hydrogens (tertiary/aromatic N) is 1. The zero-order chi connectivity index (χ0) is 12.0. The van der Waals surface area contributed by atoms with Crippen LogP contribution >= 0.6 is 0 Å². The first-order chi connectivity index (χ1) is 7.63. The molecule has 1 aliphatic rings. The number of carbonyl (C=O) groups is 1. The van der Waals surface area contributed by atoms with Crippen LogP contribution in [0.2, 0.25) is 0 Å². The second-order valence-electron chi connectivity index (χ2n) is 4.91. The minimum Gasteiger partial charge on any atom is -0.396 e. The van der Waals surface area contributed by atoms with E-state index >= 15 is 0 Å². The van der Waals surface area contributed by atoms with E-state index < -0.39 is 0 Å². The Morgan fingerprint density at radius 3 is 2.88 bits per heavy atom. The molecule has 0 saturated carbocycles. The lowest BCUT2D eigenvalue weighted by Gasteiger charge is -2.16. The SMILES string of the molecule is CC(C)COCCCN1CC(CO)CC1=O. The lowest BCUT2D eigenvalue weighted by molar-refractivity contribution is -0.127. The first-order valence-electron chi connectivity index (χ1n) is 6.10. The molecule has 1 rings (SSSR count). The standard InChI is InChI=1S/C12H23NO3/c1-10(2)9-16-5-3-4-13-7-11(8-14)6-12(13)15/h10-11,14H,3-9H2,1-2H3. The molecule has 1 fully saturated rings. The van der Waals surface area contributed by atoms with Gasteiger partial charge in [-0.2, -0.15) is 0 Å². The van der Waals surface area contributed by atoms with Gasteiger partial charge in [0.05, 0.1) is 0 Å². The van der Waals surface area contributed by atoms with Gasteiger partial charge in [0.1, 0.15) is 0 Å². The Balaban J connectivity index is 2.07.